The molecule has 0 aliphatic heterocycles. The van der Waals surface area contributed by atoms with Crippen molar-refractivity contribution < 1.29 is 0 Å². The zero-order valence-corrected chi connectivity index (χ0v) is 8.73. The maximum atomic E-state index is 8.82. The molecule has 0 N–H and O–H groups in total. The number of nitriles is 1. The van der Waals surface area contributed by atoms with Crippen LogP contribution in [0.15, 0.2) is 6.20 Å². The van der Waals surface area contributed by atoms with E-state index in [0.29, 0.717) is 11.5 Å². The van der Waals surface area contributed by atoms with Crippen molar-refractivity contribution >= 4 is 5.65 Å². The summed E-state index contributed by atoms with van der Waals surface area (Å²) >= 11 is 0. The lowest BCUT2D eigenvalue weighted by Gasteiger charge is -2.00. The second-order valence-corrected chi connectivity index (χ2v) is 3.36. The molecule has 0 amide bonds. The van der Waals surface area contributed by atoms with E-state index < -0.39 is 0 Å². The van der Waals surface area contributed by atoms with Gasteiger partial charge in [-0.3, -0.25) is 0 Å². The Morgan fingerprint density at radius 2 is 2.27 bits per heavy atom. The maximum absolute atomic E-state index is 8.82. The summed E-state index contributed by atoms with van der Waals surface area (Å²) in [7, 11) is 0. The number of fused-ring (bicyclic) bond motifs is 1. The summed E-state index contributed by atoms with van der Waals surface area (Å²) in [5.41, 5.74) is 1.99. The molecule has 0 atom stereocenters. The summed E-state index contributed by atoms with van der Waals surface area (Å²) in [4.78, 5) is 8.53. The Hall–Kier alpha value is -1.96. The van der Waals surface area contributed by atoms with Crippen LogP contribution in [0.2, 0.25) is 0 Å². The number of hydrogen-bond acceptors (Lipinski definition) is 4. The number of hydrogen-bond donors (Lipinski definition) is 0. The molecule has 76 valence electrons. The Labute approximate surface area is 87.4 Å². The molecule has 0 radical (unpaired) electrons. The summed E-state index contributed by atoms with van der Waals surface area (Å²) in [6.07, 6.45) is 3.40. The Morgan fingerprint density at radius 1 is 1.47 bits per heavy atom. The van der Waals surface area contributed by atoms with Gasteiger partial charge in [-0.25, -0.2) is 14.5 Å². The van der Waals surface area contributed by atoms with Crippen molar-refractivity contribution in [3.05, 3.63) is 23.4 Å². The summed E-state index contributed by atoms with van der Waals surface area (Å²) in [6, 6.07) is 2.03. The van der Waals surface area contributed by atoms with E-state index >= 15 is 0 Å². The topological polar surface area (TPSA) is 66.9 Å². The van der Waals surface area contributed by atoms with Gasteiger partial charge in [-0.05, 0) is 13.3 Å². The van der Waals surface area contributed by atoms with Crippen molar-refractivity contribution in [3.8, 4) is 6.07 Å². The van der Waals surface area contributed by atoms with E-state index in [1.165, 1.54) is 0 Å². The fraction of sp³-hybridized carbons (Fsp3) is 0.400. The van der Waals surface area contributed by atoms with Gasteiger partial charge in [0.15, 0.2) is 11.3 Å². The largest absolute Gasteiger partial charge is 0.237 e. The van der Waals surface area contributed by atoms with Gasteiger partial charge in [0, 0.05) is 0 Å². The van der Waals surface area contributed by atoms with Crippen molar-refractivity contribution in [2.45, 2.75) is 26.7 Å². The van der Waals surface area contributed by atoms with Crippen LogP contribution < -0.4 is 0 Å². The van der Waals surface area contributed by atoms with Crippen LogP contribution in [-0.2, 0) is 6.42 Å². The van der Waals surface area contributed by atoms with Crippen LogP contribution in [-0.4, -0.2) is 19.6 Å². The number of aromatic nitrogens is 4. The van der Waals surface area contributed by atoms with Crippen molar-refractivity contribution in [1.82, 2.24) is 19.6 Å². The monoisotopic (exact) mass is 201 g/mol. The van der Waals surface area contributed by atoms with Gasteiger partial charge in [-0.2, -0.15) is 10.4 Å². The summed E-state index contributed by atoms with van der Waals surface area (Å²) in [6.45, 7) is 3.90. The first kappa shape index (κ1) is 9.59. The van der Waals surface area contributed by atoms with E-state index in [2.05, 4.69) is 22.0 Å². The van der Waals surface area contributed by atoms with Crippen LogP contribution in [0.5, 0.6) is 0 Å². The molecule has 0 fully saturated rings. The molecule has 5 heteroatoms. The summed E-state index contributed by atoms with van der Waals surface area (Å²) < 4.78 is 1.63. The molecule has 0 bridgehead atoms. The van der Waals surface area contributed by atoms with Crippen LogP contribution in [0.1, 0.15) is 30.6 Å². The average molecular weight is 201 g/mol. The van der Waals surface area contributed by atoms with Crippen molar-refractivity contribution in [3.63, 3.8) is 0 Å². The highest BCUT2D eigenvalue weighted by Gasteiger charge is 2.08. The van der Waals surface area contributed by atoms with Crippen LogP contribution in [0.25, 0.3) is 5.65 Å². The molecule has 2 aromatic heterocycles. The molecule has 0 spiro atoms. The molecule has 0 saturated heterocycles. The predicted molar refractivity (Wildman–Crippen MR) is 54.2 cm³/mol. The van der Waals surface area contributed by atoms with Gasteiger partial charge in [-0.1, -0.05) is 13.3 Å². The highest BCUT2D eigenvalue weighted by Crippen LogP contribution is 2.09. The minimum absolute atomic E-state index is 0.385. The minimum Gasteiger partial charge on any atom is -0.237 e. The van der Waals surface area contributed by atoms with E-state index in [9.17, 15) is 0 Å². The van der Waals surface area contributed by atoms with E-state index in [1.807, 2.05) is 13.0 Å². The van der Waals surface area contributed by atoms with Gasteiger partial charge in [0.1, 0.15) is 11.9 Å². The van der Waals surface area contributed by atoms with Gasteiger partial charge in [0.25, 0.3) is 0 Å². The molecular weight excluding hydrogens is 190 g/mol. The fourth-order valence-electron chi connectivity index (χ4n) is 1.52. The lowest BCUT2D eigenvalue weighted by atomic mass is 10.2. The van der Waals surface area contributed by atoms with Crippen molar-refractivity contribution in [2.75, 3.05) is 0 Å². The van der Waals surface area contributed by atoms with Gasteiger partial charge in [-0.15, -0.1) is 0 Å². The van der Waals surface area contributed by atoms with Crippen LogP contribution in [0, 0.1) is 18.3 Å². The minimum atomic E-state index is 0.385. The van der Waals surface area contributed by atoms with E-state index in [0.717, 1.165) is 24.2 Å². The molecule has 5 nitrogen and oxygen atoms in total. The number of aryl methyl sites for hydroxylation is 2. The molecule has 0 unspecified atom stereocenters. The Morgan fingerprint density at radius 3 is 2.93 bits per heavy atom. The van der Waals surface area contributed by atoms with Gasteiger partial charge < -0.3 is 0 Å². The van der Waals surface area contributed by atoms with Gasteiger partial charge >= 0.3 is 0 Å². The van der Waals surface area contributed by atoms with E-state index in [1.54, 1.807) is 10.7 Å². The quantitative estimate of drug-likeness (QED) is 0.733. The Balaban J connectivity index is 2.69. The first-order chi connectivity index (χ1) is 7.24. The lowest BCUT2D eigenvalue weighted by molar-refractivity contribution is 0.847. The third kappa shape index (κ3) is 1.66. The molecule has 0 aromatic carbocycles. The number of rotatable bonds is 2. The zero-order valence-electron chi connectivity index (χ0n) is 8.73. The highest BCUT2D eigenvalue weighted by atomic mass is 15.3. The Kier molecular flexibility index (Phi) is 2.34. The molecule has 15 heavy (non-hydrogen) atoms. The first-order valence-electron chi connectivity index (χ1n) is 4.87. The average Bonchev–Trinajstić information content (AvgIpc) is 2.58. The fourth-order valence-corrected chi connectivity index (χ4v) is 1.52. The second kappa shape index (κ2) is 3.65. The first-order valence-corrected chi connectivity index (χ1v) is 4.87. The Bertz CT molecular complexity index is 534. The molecule has 0 aliphatic carbocycles. The molecule has 2 heterocycles. The molecule has 2 rings (SSSR count). The molecular formula is C10H11N5. The molecule has 2 aromatic rings. The summed E-state index contributed by atoms with van der Waals surface area (Å²) in [5.74, 6) is 0.698. The van der Waals surface area contributed by atoms with Gasteiger partial charge in [0.2, 0.25) is 0 Å². The SMILES string of the molecule is CCCc1nc(C#N)cn2nc(C)nc12. The zero-order chi connectivity index (χ0) is 10.8. The third-order valence-corrected chi connectivity index (χ3v) is 2.10. The van der Waals surface area contributed by atoms with Crippen LogP contribution >= 0.6 is 0 Å². The highest BCUT2D eigenvalue weighted by molar-refractivity contribution is 5.44. The number of nitrogens with zero attached hydrogens (tertiary/aromatic N) is 5. The van der Waals surface area contributed by atoms with Gasteiger partial charge in [0.05, 0.1) is 11.9 Å². The standard InChI is InChI=1S/C10H11N5/c1-3-4-9-10-12-7(2)14-15(10)6-8(5-11)13-9/h6H,3-4H2,1-2H3. The maximum Gasteiger partial charge on any atom is 0.177 e. The smallest absolute Gasteiger partial charge is 0.177 e. The normalized spacial score (nSPS) is 10.5. The predicted octanol–water partition coefficient (Wildman–Crippen LogP) is 1.26. The summed E-state index contributed by atoms with van der Waals surface area (Å²) in [5, 5.41) is 13.0. The molecule has 0 aliphatic rings. The van der Waals surface area contributed by atoms with Crippen molar-refractivity contribution in [1.29, 1.82) is 5.26 Å². The van der Waals surface area contributed by atoms with Crippen LogP contribution in [0.4, 0.5) is 0 Å². The molecule has 0 saturated carbocycles. The van der Waals surface area contributed by atoms with Crippen molar-refractivity contribution in [2.24, 2.45) is 0 Å². The second-order valence-electron chi connectivity index (χ2n) is 3.36. The van der Waals surface area contributed by atoms with Crippen LogP contribution in [0.3, 0.4) is 0 Å². The lowest BCUT2D eigenvalue weighted by Crippen LogP contribution is -2.00. The van der Waals surface area contributed by atoms with E-state index in [-0.39, 0.29) is 0 Å². The third-order valence-electron chi connectivity index (χ3n) is 2.10. The van der Waals surface area contributed by atoms with E-state index in [4.69, 9.17) is 5.26 Å².